The van der Waals surface area contributed by atoms with E-state index in [9.17, 15) is 0 Å². The number of methoxy groups -OCH3 is 2. The van der Waals surface area contributed by atoms with Crippen molar-refractivity contribution < 1.29 is 14.2 Å². The second kappa shape index (κ2) is 8.69. The van der Waals surface area contributed by atoms with Gasteiger partial charge in [0.25, 0.3) is 0 Å². The molecule has 1 aromatic rings. The Labute approximate surface area is 122 Å². The molecule has 0 amide bonds. The maximum absolute atomic E-state index is 5.87. The van der Waals surface area contributed by atoms with Crippen molar-refractivity contribution in [1.82, 2.24) is 4.90 Å². The lowest BCUT2D eigenvalue weighted by atomic mass is 10.2. The number of hydrogen-bond donors (Lipinski definition) is 0. The van der Waals surface area contributed by atoms with E-state index >= 15 is 0 Å². The van der Waals surface area contributed by atoms with Crippen LogP contribution in [0.1, 0.15) is 25.8 Å². The van der Waals surface area contributed by atoms with Gasteiger partial charge in [0.2, 0.25) is 5.75 Å². The average molecular weight is 281 g/mol. The molecule has 0 fully saturated rings. The molecule has 1 rings (SSSR count). The Balaban J connectivity index is 2.62. The van der Waals surface area contributed by atoms with Crippen molar-refractivity contribution in [3.05, 3.63) is 17.7 Å². The summed E-state index contributed by atoms with van der Waals surface area (Å²) in [5.41, 5.74) is 1.09. The first-order valence-electron chi connectivity index (χ1n) is 7.24. The Hall–Kier alpha value is -1.42. The molecular weight excluding hydrogens is 254 g/mol. The zero-order chi connectivity index (χ0) is 15.0. The normalized spacial score (nSPS) is 10.7. The molecule has 0 aromatic heterocycles. The van der Waals surface area contributed by atoms with Crippen molar-refractivity contribution in [2.45, 2.75) is 27.2 Å². The van der Waals surface area contributed by atoms with Gasteiger partial charge in [-0.3, -0.25) is 0 Å². The molecule has 0 heterocycles. The van der Waals surface area contributed by atoms with Gasteiger partial charge >= 0.3 is 0 Å². The van der Waals surface area contributed by atoms with E-state index in [4.69, 9.17) is 14.2 Å². The van der Waals surface area contributed by atoms with E-state index in [1.54, 1.807) is 14.2 Å². The van der Waals surface area contributed by atoms with E-state index in [0.29, 0.717) is 12.4 Å². The molecule has 4 heteroatoms. The van der Waals surface area contributed by atoms with Crippen molar-refractivity contribution in [3.63, 3.8) is 0 Å². The second-order valence-corrected chi connectivity index (χ2v) is 4.73. The summed E-state index contributed by atoms with van der Waals surface area (Å²) in [5, 5.41) is 0. The predicted molar refractivity (Wildman–Crippen MR) is 82.2 cm³/mol. The van der Waals surface area contributed by atoms with Gasteiger partial charge in [-0.25, -0.2) is 0 Å². The largest absolute Gasteiger partial charge is 0.493 e. The van der Waals surface area contributed by atoms with E-state index in [2.05, 4.69) is 18.7 Å². The van der Waals surface area contributed by atoms with Crippen LogP contribution < -0.4 is 14.2 Å². The number of ether oxygens (including phenoxy) is 3. The lowest BCUT2D eigenvalue weighted by molar-refractivity contribution is 0.235. The minimum atomic E-state index is 0.659. The second-order valence-electron chi connectivity index (χ2n) is 4.73. The molecule has 0 bridgehead atoms. The van der Waals surface area contributed by atoms with Crippen LogP contribution in [0.3, 0.4) is 0 Å². The van der Waals surface area contributed by atoms with Gasteiger partial charge in [-0.15, -0.1) is 0 Å². The van der Waals surface area contributed by atoms with E-state index in [1.165, 1.54) is 0 Å². The highest BCUT2D eigenvalue weighted by atomic mass is 16.5. The third kappa shape index (κ3) is 4.60. The third-order valence-electron chi connectivity index (χ3n) is 3.36. The lowest BCUT2D eigenvalue weighted by Gasteiger charge is -2.19. The van der Waals surface area contributed by atoms with Crippen LogP contribution >= 0.6 is 0 Å². The van der Waals surface area contributed by atoms with Crippen molar-refractivity contribution in [2.75, 3.05) is 40.5 Å². The summed E-state index contributed by atoms with van der Waals surface area (Å²) in [5.74, 6) is 2.15. The molecule has 1 aromatic carbocycles. The Morgan fingerprint density at radius 3 is 2.00 bits per heavy atom. The summed E-state index contributed by atoms with van der Waals surface area (Å²) < 4.78 is 16.6. The predicted octanol–water partition coefficient (Wildman–Crippen LogP) is 3.12. The van der Waals surface area contributed by atoms with Crippen LogP contribution in [0.25, 0.3) is 0 Å². The fourth-order valence-electron chi connectivity index (χ4n) is 2.16. The maximum atomic E-state index is 5.87. The Morgan fingerprint density at radius 2 is 1.55 bits per heavy atom. The van der Waals surface area contributed by atoms with Crippen LogP contribution in [0.2, 0.25) is 0 Å². The van der Waals surface area contributed by atoms with E-state index in [-0.39, 0.29) is 0 Å². The summed E-state index contributed by atoms with van der Waals surface area (Å²) >= 11 is 0. The molecule has 0 unspecified atom stereocenters. The first-order chi connectivity index (χ1) is 9.65. The molecule has 0 spiro atoms. The molecule has 0 aliphatic carbocycles. The van der Waals surface area contributed by atoms with Crippen LogP contribution in [0, 0.1) is 6.92 Å². The Bertz CT molecular complexity index is 378. The number of aryl methyl sites for hydroxylation is 1. The molecule has 0 atom stereocenters. The molecule has 0 saturated heterocycles. The van der Waals surface area contributed by atoms with Crippen LogP contribution in [-0.2, 0) is 0 Å². The lowest BCUT2D eigenvalue weighted by Crippen LogP contribution is -2.25. The fourth-order valence-corrected chi connectivity index (χ4v) is 2.16. The zero-order valence-corrected chi connectivity index (χ0v) is 13.4. The smallest absolute Gasteiger partial charge is 0.203 e. The van der Waals surface area contributed by atoms with Gasteiger partial charge in [0.15, 0.2) is 11.5 Å². The summed E-state index contributed by atoms with van der Waals surface area (Å²) in [6.07, 6.45) is 0.988. The van der Waals surface area contributed by atoms with E-state index < -0.39 is 0 Å². The SMILES string of the molecule is CCN(CC)CCCOc1c(OC)cc(C)cc1OC. The maximum Gasteiger partial charge on any atom is 0.203 e. The minimum absolute atomic E-state index is 0.659. The summed E-state index contributed by atoms with van der Waals surface area (Å²) in [7, 11) is 3.30. The number of benzene rings is 1. The number of hydrogen-bond acceptors (Lipinski definition) is 4. The third-order valence-corrected chi connectivity index (χ3v) is 3.36. The first kappa shape index (κ1) is 16.6. The van der Waals surface area contributed by atoms with Crippen LogP contribution in [0.4, 0.5) is 0 Å². The summed E-state index contributed by atoms with van der Waals surface area (Å²) in [4.78, 5) is 2.38. The van der Waals surface area contributed by atoms with Gasteiger partial charge in [0, 0.05) is 6.54 Å². The van der Waals surface area contributed by atoms with Crippen LogP contribution in [0.5, 0.6) is 17.2 Å². The van der Waals surface area contributed by atoms with Crippen molar-refractivity contribution in [3.8, 4) is 17.2 Å². The summed E-state index contributed by atoms with van der Waals surface area (Å²) in [6, 6.07) is 3.92. The van der Waals surface area contributed by atoms with E-state index in [1.807, 2.05) is 19.1 Å². The highest BCUT2D eigenvalue weighted by Gasteiger charge is 2.12. The topological polar surface area (TPSA) is 30.9 Å². The molecule has 0 aliphatic heterocycles. The molecule has 0 N–H and O–H groups in total. The fraction of sp³-hybridized carbons (Fsp3) is 0.625. The zero-order valence-electron chi connectivity index (χ0n) is 13.4. The number of nitrogens with zero attached hydrogens (tertiary/aromatic N) is 1. The first-order valence-corrected chi connectivity index (χ1v) is 7.24. The van der Waals surface area contributed by atoms with Gasteiger partial charge < -0.3 is 19.1 Å². The van der Waals surface area contributed by atoms with Gasteiger partial charge in [-0.2, -0.15) is 0 Å². The Kier molecular flexibility index (Phi) is 7.23. The molecule has 114 valence electrons. The highest BCUT2D eigenvalue weighted by molar-refractivity contribution is 5.53. The molecule has 4 nitrogen and oxygen atoms in total. The standard InChI is InChI=1S/C16H27NO3/c1-6-17(7-2)9-8-10-20-16-14(18-4)11-13(3)12-15(16)19-5/h11-12H,6-10H2,1-5H3. The van der Waals surface area contributed by atoms with Gasteiger partial charge in [0.1, 0.15) is 0 Å². The average Bonchev–Trinajstić information content (AvgIpc) is 2.47. The number of rotatable bonds is 9. The van der Waals surface area contributed by atoms with Crippen LogP contribution in [0.15, 0.2) is 12.1 Å². The van der Waals surface area contributed by atoms with Crippen molar-refractivity contribution >= 4 is 0 Å². The Morgan fingerprint density at radius 1 is 1.00 bits per heavy atom. The van der Waals surface area contributed by atoms with Crippen molar-refractivity contribution in [1.29, 1.82) is 0 Å². The molecule has 0 saturated carbocycles. The molecular formula is C16H27NO3. The molecule has 0 aliphatic rings. The molecule has 0 radical (unpaired) electrons. The molecule has 20 heavy (non-hydrogen) atoms. The van der Waals surface area contributed by atoms with Gasteiger partial charge in [0.05, 0.1) is 20.8 Å². The summed E-state index contributed by atoms with van der Waals surface area (Å²) in [6.45, 7) is 10.2. The van der Waals surface area contributed by atoms with E-state index in [0.717, 1.165) is 43.1 Å². The quantitative estimate of drug-likeness (QED) is 0.651. The highest BCUT2D eigenvalue weighted by Crippen LogP contribution is 2.38. The van der Waals surface area contributed by atoms with Crippen molar-refractivity contribution in [2.24, 2.45) is 0 Å². The monoisotopic (exact) mass is 281 g/mol. The van der Waals surface area contributed by atoms with Gasteiger partial charge in [-0.05, 0) is 44.1 Å². The minimum Gasteiger partial charge on any atom is -0.493 e. The van der Waals surface area contributed by atoms with Crippen LogP contribution in [-0.4, -0.2) is 45.4 Å². The van der Waals surface area contributed by atoms with Gasteiger partial charge in [-0.1, -0.05) is 13.8 Å².